The van der Waals surface area contributed by atoms with Crippen LogP contribution in [0.5, 0.6) is 0 Å². The van der Waals surface area contributed by atoms with Crippen LogP contribution >= 0.6 is 11.3 Å². The SMILES string of the molecule is Cc1ccc(CNC(=O)c2ccc(-n3nnnc3C)cc2)cc1C(=O)Nc1nc2c(s1)CC(=N)CC2. The van der Waals surface area contributed by atoms with Crippen molar-refractivity contribution in [2.75, 3.05) is 5.32 Å². The highest BCUT2D eigenvalue weighted by atomic mass is 32.1. The summed E-state index contributed by atoms with van der Waals surface area (Å²) in [4.78, 5) is 31.3. The van der Waals surface area contributed by atoms with E-state index in [-0.39, 0.29) is 18.4 Å². The summed E-state index contributed by atoms with van der Waals surface area (Å²) in [6.45, 7) is 3.95. The van der Waals surface area contributed by atoms with Gasteiger partial charge in [0.15, 0.2) is 11.0 Å². The summed E-state index contributed by atoms with van der Waals surface area (Å²) in [6.07, 6.45) is 2.08. The van der Waals surface area contributed by atoms with E-state index in [1.54, 1.807) is 41.9 Å². The number of hydrogen-bond donors (Lipinski definition) is 3. The average Bonchev–Trinajstić information content (AvgIpc) is 3.48. The smallest absolute Gasteiger partial charge is 0.257 e. The molecule has 0 atom stereocenters. The molecule has 1 aliphatic rings. The average molecular weight is 501 g/mol. The van der Waals surface area contributed by atoms with Crippen molar-refractivity contribution in [2.45, 2.75) is 39.7 Å². The van der Waals surface area contributed by atoms with Gasteiger partial charge >= 0.3 is 0 Å². The number of amides is 2. The van der Waals surface area contributed by atoms with E-state index in [0.717, 1.165) is 40.2 Å². The van der Waals surface area contributed by atoms with Crippen molar-refractivity contribution in [1.82, 2.24) is 30.5 Å². The van der Waals surface area contributed by atoms with Crippen molar-refractivity contribution in [2.24, 2.45) is 0 Å². The molecule has 0 unspecified atom stereocenters. The topological polar surface area (TPSA) is 139 Å². The van der Waals surface area contributed by atoms with Crippen LogP contribution in [0.4, 0.5) is 5.13 Å². The molecule has 182 valence electrons. The molecule has 2 amide bonds. The minimum Gasteiger partial charge on any atom is -0.348 e. The third-order valence-corrected chi connectivity index (χ3v) is 7.05. The second-order valence-electron chi connectivity index (χ2n) is 8.64. The zero-order chi connectivity index (χ0) is 25.2. The first-order chi connectivity index (χ1) is 17.4. The molecular weight excluding hydrogens is 476 g/mol. The molecule has 4 aromatic rings. The third kappa shape index (κ3) is 4.91. The van der Waals surface area contributed by atoms with E-state index in [0.29, 0.717) is 34.2 Å². The molecule has 0 saturated heterocycles. The standard InChI is InChI=1S/C25H24N8O2S/c1-14-3-4-16(11-20(14)24(35)29-25-28-21-10-7-18(26)12-22(21)36-25)13-27-23(34)17-5-8-19(9-6-17)33-15(2)30-31-32-33/h3-6,8-9,11,26H,7,10,12-13H2,1-2H3,(H,27,34)(H,28,29,35). The lowest BCUT2D eigenvalue weighted by atomic mass is 10.0. The molecular formula is C25H24N8O2S. The molecule has 1 aliphatic carbocycles. The fourth-order valence-corrected chi connectivity index (χ4v) is 5.06. The zero-order valence-corrected chi connectivity index (χ0v) is 20.6. The number of carbonyl (C=O) groups excluding carboxylic acids is 2. The minimum atomic E-state index is -0.240. The van der Waals surface area contributed by atoms with Crippen molar-refractivity contribution in [3.63, 3.8) is 0 Å². The van der Waals surface area contributed by atoms with Gasteiger partial charge in [-0.25, -0.2) is 4.98 Å². The van der Waals surface area contributed by atoms with Gasteiger partial charge in [0.2, 0.25) is 0 Å². The van der Waals surface area contributed by atoms with Gasteiger partial charge < -0.3 is 10.7 Å². The fraction of sp³-hybridized carbons (Fsp3) is 0.240. The van der Waals surface area contributed by atoms with E-state index in [4.69, 9.17) is 5.41 Å². The molecule has 11 heteroatoms. The Morgan fingerprint density at radius 3 is 2.64 bits per heavy atom. The summed E-state index contributed by atoms with van der Waals surface area (Å²) in [5.41, 5.74) is 5.13. The predicted octanol–water partition coefficient (Wildman–Crippen LogP) is 3.43. The maximum atomic E-state index is 13.0. The number of nitrogens with zero attached hydrogens (tertiary/aromatic N) is 5. The van der Waals surface area contributed by atoms with Crippen LogP contribution in [0.25, 0.3) is 5.69 Å². The lowest BCUT2D eigenvalue weighted by molar-refractivity contribution is 0.0950. The fourth-order valence-electron chi connectivity index (χ4n) is 4.02. The van der Waals surface area contributed by atoms with Crippen LogP contribution in [-0.4, -0.2) is 42.7 Å². The van der Waals surface area contributed by atoms with E-state index in [9.17, 15) is 9.59 Å². The number of nitrogens with one attached hydrogen (secondary N) is 3. The number of benzene rings is 2. The quantitative estimate of drug-likeness (QED) is 0.371. The first-order valence-electron chi connectivity index (χ1n) is 11.5. The first-order valence-corrected chi connectivity index (χ1v) is 12.3. The molecule has 0 fully saturated rings. The Labute approximate surface area is 211 Å². The van der Waals surface area contributed by atoms with Gasteiger partial charge in [-0.2, -0.15) is 4.68 Å². The van der Waals surface area contributed by atoms with Crippen LogP contribution in [0.15, 0.2) is 42.5 Å². The van der Waals surface area contributed by atoms with E-state index >= 15 is 0 Å². The van der Waals surface area contributed by atoms with Gasteiger partial charge in [0.1, 0.15) is 0 Å². The van der Waals surface area contributed by atoms with Crippen LogP contribution in [0.1, 0.15) is 54.7 Å². The number of rotatable bonds is 6. The van der Waals surface area contributed by atoms with Crippen molar-refractivity contribution in [1.29, 1.82) is 5.41 Å². The summed E-state index contributed by atoms with van der Waals surface area (Å²) in [6, 6.07) is 12.6. The van der Waals surface area contributed by atoms with E-state index in [2.05, 4.69) is 31.1 Å². The van der Waals surface area contributed by atoms with Gasteiger partial charge in [-0.1, -0.05) is 12.1 Å². The van der Waals surface area contributed by atoms with Crippen LogP contribution in [0, 0.1) is 19.3 Å². The lowest BCUT2D eigenvalue weighted by Crippen LogP contribution is -2.23. The molecule has 5 rings (SSSR count). The van der Waals surface area contributed by atoms with Crippen molar-refractivity contribution in [3.8, 4) is 5.69 Å². The van der Waals surface area contributed by atoms with Gasteiger partial charge in [-0.05, 0) is 78.6 Å². The Bertz CT molecular complexity index is 1470. The summed E-state index contributed by atoms with van der Waals surface area (Å²) in [5, 5.41) is 25.7. The largest absolute Gasteiger partial charge is 0.348 e. The van der Waals surface area contributed by atoms with Gasteiger partial charge in [-0.3, -0.25) is 14.9 Å². The van der Waals surface area contributed by atoms with Crippen LogP contribution in [-0.2, 0) is 19.4 Å². The Balaban J connectivity index is 1.23. The highest BCUT2D eigenvalue weighted by Gasteiger charge is 2.20. The number of fused-ring (bicyclic) bond motifs is 1. The molecule has 0 saturated carbocycles. The van der Waals surface area contributed by atoms with Crippen LogP contribution < -0.4 is 10.6 Å². The number of carbonyl (C=O) groups is 2. The van der Waals surface area contributed by atoms with Crippen molar-refractivity contribution < 1.29 is 9.59 Å². The molecule has 3 N–H and O–H groups in total. The molecule has 0 spiro atoms. The molecule has 2 aromatic carbocycles. The predicted molar refractivity (Wildman–Crippen MR) is 136 cm³/mol. The summed E-state index contributed by atoms with van der Waals surface area (Å²) < 4.78 is 1.59. The van der Waals surface area contributed by atoms with E-state index < -0.39 is 0 Å². The Morgan fingerprint density at radius 2 is 1.89 bits per heavy atom. The molecule has 0 radical (unpaired) electrons. The summed E-state index contributed by atoms with van der Waals surface area (Å²) in [7, 11) is 0. The number of aryl methyl sites for hydroxylation is 3. The van der Waals surface area contributed by atoms with E-state index in [1.807, 2.05) is 19.1 Å². The highest BCUT2D eigenvalue weighted by molar-refractivity contribution is 7.16. The second kappa shape index (κ2) is 9.78. The lowest BCUT2D eigenvalue weighted by Gasteiger charge is -2.10. The second-order valence-corrected chi connectivity index (χ2v) is 9.72. The Morgan fingerprint density at radius 1 is 1.08 bits per heavy atom. The van der Waals surface area contributed by atoms with Crippen molar-refractivity contribution in [3.05, 3.63) is 81.1 Å². The molecule has 0 bridgehead atoms. The third-order valence-electron chi connectivity index (χ3n) is 6.04. The van der Waals surface area contributed by atoms with Crippen molar-refractivity contribution >= 4 is 34.0 Å². The van der Waals surface area contributed by atoms with Crippen LogP contribution in [0.2, 0.25) is 0 Å². The molecule has 2 heterocycles. The number of hydrogen-bond acceptors (Lipinski definition) is 8. The normalized spacial score (nSPS) is 12.8. The van der Waals surface area contributed by atoms with Gasteiger partial charge in [0, 0.05) is 34.7 Å². The molecule has 0 aliphatic heterocycles. The summed E-state index contributed by atoms with van der Waals surface area (Å²) in [5.74, 6) is 0.192. The Kier molecular flexibility index (Phi) is 6.38. The number of tetrazole rings is 1. The number of aromatic nitrogens is 5. The zero-order valence-electron chi connectivity index (χ0n) is 19.8. The van der Waals surface area contributed by atoms with Crippen LogP contribution in [0.3, 0.4) is 0 Å². The summed E-state index contributed by atoms with van der Waals surface area (Å²) >= 11 is 1.43. The van der Waals surface area contributed by atoms with Gasteiger partial charge in [0.05, 0.1) is 11.4 Å². The first kappa shape index (κ1) is 23.5. The van der Waals surface area contributed by atoms with Gasteiger partial charge in [0.25, 0.3) is 11.8 Å². The maximum Gasteiger partial charge on any atom is 0.257 e. The van der Waals surface area contributed by atoms with E-state index in [1.165, 1.54) is 11.3 Å². The monoisotopic (exact) mass is 500 g/mol. The highest BCUT2D eigenvalue weighted by Crippen LogP contribution is 2.29. The molecule has 10 nitrogen and oxygen atoms in total. The van der Waals surface area contributed by atoms with Gasteiger partial charge in [-0.15, -0.1) is 16.4 Å². The number of anilines is 1. The molecule has 36 heavy (non-hydrogen) atoms. The Hall–Kier alpha value is -4.25. The minimum absolute atomic E-state index is 0.222. The number of thiazole rings is 1. The maximum absolute atomic E-state index is 13.0. The molecule has 2 aromatic heterocycles.